The Morgan fingerprint density at radius 2 is 2.11 bits per heavy atom. The number of fused-ring (bicyclic) bond motifs is 1. The van der Waals surface area contributed by atoms with Crippen LogP contribution in [-0.2, 0) is 9.53 Å². The first kappa shape index (κ1) is 19.8. The van der Waals surface area contributed by atoms with Gasteiger partial charge in [0.05, 0.1) is 14.2 Å². The average molecular weight is 385 g/mol. The predicted molar refractivity (Wildman–Crippen MR) is 108 cm³/mol. The molecule has 0 atom stereocenters. The summed E-state index contributed by atoms with van der Waals surface area (Å²) in [5.74, 6) is 0.618. The number of nitrogens with zero attached hydrogens (tertiary/aromatic N) is 1. The summed E-state index contributed by atoms with van der Waals surface area (Å²) in [4.78, 5) is 28.5. The average Bonchev–Trinajstić information content (AvgIpc) is 3.16. The van der Waals surface area contributed by atoms with E-state index in [-0.39, 0.29) is 12.0 Å². The van der Waals surface area contributed by atoms with Crippen LogP contribution in [0.2, 0.25) is 0 Å². The van der Waals surface area contributed by atoms with Crippen LogP contribution in [0.25, 0.3) is 16.5 Å². The van der Waals surface area contributed by atoms with Gasteiger partial charge in [0.2, 0.25) is 0 Å². The molecule has 1 aromatic carbocycles. The number of rotatable bonds is 7. The molecule has 2 aromatic rings. The zero-order valence-corrected chi connectivity index (χ0v) is 16.4. The molecule has 0 saturated carbocycles. The zero-order valence-electron chi connectivity index (χ0n) is 16.4. The highest BCUT2D eigenvalue weighted by molar-refractivity contribution is 5.94. The van der Waals surface area contributed by atoms with Crippen molar-refractivity contribution in [3.8, 4) is 5.75 Å². The van der Waals surface area contributed by atoms with E-state index < -0.39 is 0 Å². The lowest BCUT2D eigenvalue weighted by Gasteiger charge is -2.26. The molecule has 7 heteroatoms. The summed E-state index contributed by atoms with van der Waals surface area (Å²) in [5.41, 5.74) is 3.47. The first-order valence-electron chi connectivity index (χ1n) is 9.56. The van der Waals surface area contributed by atoms with Crippen molar-refractivity contribution >= 4 is 28.5 Å². The van der Waals surface area contributed by atoms with Crippen molar-refractivity contribution < 1.29 is 19.1 Å². The maximum atomic E-state index is 12.3. The van der Waals surface area contributed by atoms with E-state index in [2.05, 4.69) is 21.1 Å². The number of hydrogen-bond acceptors (Lipinski definition) is 4. The number of amides is 2. The van der Waals surface area contributed by atoms with Crippen molar-refractivity contribution in [2.45, 2.75) is 25.7 Å². The highest BCUT2D eigenvalue weighted by atomic mass is 16.5. The Hall–Kier alpha value is -2.96. The third-order valence-electron chi connectivity index (χ3n) is 5.04. The molecule has 0 aliphatic carbocycles. The van der Waals surface area contributed by atoms with Crippen LogP contribution in [-0.4, -0.2) is 55.7 Å². The van der Waals surface area contributed by atoms with E-state index in [9.17, 15) is 9.59 Å². The van der Waals surface area contributed by atoms with Gasteiger partial charge in [-0.25, -0.2) is 4.79 Å². The molecule has 1 aliphatic heterocycles. The molecule has 2 amide bonds. The van der Waals surface area contributed by atoms with E-state index in [0.717, 1.165) is 35.1 Å². The lowest BCUT2D eigenvalue weighted by Crippen LogP contribution is -2.42. The van der Waals surface area contributed by atoms with Gasteiger partial charge in [-0.05, 0) is 43.0 Å². The number of methoxy groups -OCH3 is 2. The molecular formula is C21H27N3O4. The van der Waals surface area contributed by atoms with Crippen molar-refractivity contribution in [2.75, 3.05) is 33.9 Å². The molecule has 0 bridgehead atoms. The standard InChI is InChI=1S/C21H27N3O4/c1-27-16-6-7-19-17(13-16)18(14-23-19)15-8-11-24(12-9-15)21(26)22-10-4-3-5-20(25)28-2/h6-8,13-14,23H,3-5,9-12H2,1-2H3,(H,22,26). The number of ether oxygens (including phenoxy) is 2. The van der Waals surface area contributed by atoms with Gasteiger partial charge in [0.1, 0.15) is 5.75 Å². The second-order valence-electron chi connectivity index (χ2n) is 6.80. The van der Waals surface area contributed by atoms with E-state index in [4.69, 9.17) is 4.74 Å². The maximum Gasteiger partial charge on any atom is 0.317 e. The number of benzene rings is 1. The molecule has 0 fully saturated rings. The van der Waals surface area contributed by atoms with Crippen LogP contribution >= 0.6 is 0 Å². The van der Waals surface area contributed by atoms with Gasteiger partial charge in [0.15, 0.2) is 0 Å². The van der Waals surface area contributed by atoms with Gasteiger partial charge < -0.3 is 24.7 Å². The molecule has 150 valence electrons. The minimum atomic E-state index is -0.213. The number of carbonyl (C=O) groups is 2. The summed E-state index contributed by atoms with van der Waals surface area (Å²) < 4.78 is 9.94. The molecular weight excluding hydrogens is 358 g/mol. The van der Waals surface area contributed by atoms with Crippen LogP contribution in [0.5, 0.6) is 5.75 Å². The Morgan fingerprint density at radius 1 is 1.25 bits per heavy atom. The third-order valence-corrected chi connectivity index (χ3v) is 5.04. The Labute approximate surface area is 164 Å². The summed E-state index contributed by atoms with van der Waals surface area (Å²) >= 11 is 0. The van der Waals surface area contributed by atoms with Gasteiger partial charge in [-0.15, -0.1) is 0 Å². The van der Waals surface area contributed by atoms with Gasteiger partial charge in [0.25, 0.3) is 0 Å². The van der Waals surface area contributed by atoms with Crippen LogP contribution in [0, 0.1) is 0 Å². The number of aromatic nitrogens is 1. The van der Waals surface area contributed by atoms with Gasteiger partial charge in [-0.2, -0.15) is 0 Å². The monoisotopic (exact) mass is 385 g/mol. The van der Waals surface area contributed by atoms with Gasteiger partial charge in [-0.1, -0.05) is 6.08 Å². The summed E-state index contributed by atoms with van der Waals surface area (Å²) in [7, 11) is 3.05. The van der Waals surface area contributed by atoms with Crippen LogP contribution < -0.4 is 10.1 Å². The highest BCUT2D eigenvalue weighted by Gasteiger charge is 2.19. The first-order valence-corrected chi connectivity index (χ1v) is 9.56. The van der Waals surface area contributed by atoms with Crippen molar-refractivity contribution in [2.24, 2.45) is 0 Å². The molecule has 7 nitrogen and oxygen atoms in total. The Morgan fingerprint density at radius 3 is 2.82 bits per heavy atom. The number of H-pyrrole nitrogens is 1. The third kappa shape index (κ3) is 4.65. The number of aromatic amines is 1. The van der Waals surface area contributed by atoms with Gasteiger partial charge >= 0.3 is 12.0 Å². The largest absolute Gasteiger partial charge is 0.497 e. The van der Waals surface area contributed by atoms with Crippen molar-refractivity contribution in [1.29, 1.82) is 0 Å². The van der Waals surface area contributed by atoms with E-state index in [0.29, 0.717) is 32.5 Å². The Balaban J connectivity index is 1.53. The lowest BCUT2D eigenvalue weighted by atomic mass is 9.99. The summed E-state index contributed by atoms with van der Waals surface area (Å²) in [5, 5.41) is 4.05. The topological polar surface area (TPSA) is 83.7 Å². The van der Waals surface area contributed by atoms with Crippen molar-refractivity contribution in [3.05, 3.63) is 36.0 Å². The quantitative estimate of drug-likeness (QED) is 0.566. The fourth-order valence-electron chi connectivity index (χ4n) is 3.39. The number of esters is 1. The molecule has 0 saturated heterocycles. The predicted octanol–water partition coefficient (Wildman–Crippen LogP) is 3.32. The van der Waals surface area contributed by atoms with E-state index in [1.165, 1.54) is 12.7 Å². The summed E-state index contributed by atoms with van der Waals surface area (Å²) in [6, 6.07) is 5.93. The molecule has 1 aromatic heterocycles. The molecule has 2 N–H and O–H groups in total. The van der Waals surface area contributed by atoms with E-state index in [1.807, 2.05) is 24.4 Å². The van der Waals surface area contributed by atoms with Gasteiger partial charge in [-0.3, -0.25) is 4.79 Å². The highest BCUT2D eigenvalue weighted by Crippen LogP contribution is 2.31. The summed E-state index contributed by atoms with van der Waals surface area (Å²) in [6.07, 6.45) is 6.79. The number of carbonyl (C=O) groups excluding carboxylic acids is 2. The Kier molecular flexibility index (Phi) is 6.57. The SMILES string of the molecule is COC(=O)CCCCNC(=O)N1CC=C(c2c[nH]c3ccc(OC)cc23)CC1. The number of hydrogen-bond donors (Lipinski definition) is 2. The molecule has 28 heavy (non-hydrogen) atoms. The molecule has 1 aliphatic rings. The van der Waals surface area contributed by atoms with Gasteiger partial charge in [0, 0.05) is 48.7 Å². The summed E-state index contributed by atoms with van der Waals surface area (Å²) in [6.45, 7) is 1.82. The van der Waals surface area contributed by atoms with Crippen LogP contribution in [0.1, 0.15) is 31.2 Å². The van der Waals surface area contributed by atoms with Crippen LogP contribution in [0.15, 0.2) is 30.5 Å². The maximum absolute atomic E-state index is 12.3. The number of nitrogens with one attached hydrogen (secondary N) is 2. The fraction of sp³-hybridized carbons (Fsp3) is 0.429. The lowest BCUT2D eigenvalue weighted by molar-refractivity contribution is -0.140. The molecule has 0 unspecified atom stereocenters. The molecule has 2 heterocycles. The number of unbranched alkanes of at least 4 members (excludes halogenated alkanes) is 1. The van der Waals surface area contributed by atoms with E-state index >= 15 is 0 Å². The molecule has 0 spiro atoms. The minimum absolute atomic E-state index is 0.0611. The second-order valence-corrected chi connectivity index (χ2v) is 6.80. The zero-order chi connectivity index (χ0) is 19.9. The number of urea groups is 1. The van der Waals surface area contributed by atoms with Crippen molar-refractivity contribution in [3.63, 3.8) is 0 Å². The molecule has 0 radical (unpaired) electrons. The smallest absolute Gasteiger partial charge is 0.317 e. The Bertz CT molecular complexity index is 872. The van der Waals surface area contributed by atoms with Crippen molar-refractivity contribution in [1.82, 2.24) is 15.2 Å². The normalized spacial score (nSPS) is 13.9. The first-order chi connectivity index (χ1) is 13.6. The second kappa shape index (κ2) is 9.30. The van der Waals surface area contributed by atoms with Crippen LogP contribution in [0.4, 0.5) is 4.79 Å². The van der Waals surface area contributed by atoms with E-state index in [1.54, 1.807) is 12.0 Å². The molecule has 3 rings (SSSR count). The fourth-order valence-corrected chi connectivity index (χ4v) is 3.39. The van der Waals surface area contributed by atoms with Crippen LogP contribution in [0.3, 0.4) is 0 Å². The minimum Gasteiger partial charge on any atom is -0.497 e.